The molecule has 2 aromatic rings. The summed E-state index contributed by atoms with van der Waals surface area (Å²) < 4.78 is 16.6. The molecule has 0 aliphatic rings. The van der Waals surface area contributed by atoms with Gasteiger partial charge in [0.15, 0.2) is 0 Å². The van der Waals surface area contributed by atoms with Crippen LogP contribution in [0.4, 0.5) is 9.59 Å². The SMILES string of the molecule is CCOC(=O)/C(=C/CCOCc1ccccc1)c1csc(=NC(=O)OC(C)(C)C)n1C(=O)O. The average Bonchev–Trinajstić information content (AvgIpc) is 3.13. The molecule has 0 aliphatic heterocycles. The van der Waals surface area contributed by atoms with E-state index in [1.54, 1.807) is 33.8 Å². The highest BCUT2D eigenvalue weighted by molar-refractivity contribution is 7.07. The van der Waals surface area contributed by atoms with E-state index in [0.717, 1.165) is 21.5 Å². The summed E-state index contributed by atoms with van der Waals surface area (Å²) in [6.45, 7) is 7.51. The van der Waals surface area contributed by atoms with Crippen molar-refractivity contribution in [3.8, 4) is 0 Å². The minimum atomic E-state index is -1.40. The van der Waals surface area contributed by atoms with Crippen LogP contribution in [0.5, 0.6) is 0 Å². The molecule has 0 radical (unpaired) electrons. The molecule has 0 saturated carbocycles. The van der Waals surface area contributed by atoms with Crippen molar-refractivity contribution < 1.29 is 33.7 Å². The Kier molecular flexibility index (Phi) is 9.56. The van der Waals surface area contributed by atoms with E-state index in [-0.39, 0.29) is 22.7 Å². The van der Waals surface area contributed by atoms with Crippen LogP contribution in [-0.2, 0) is 25.6 Å². The zero-order chi connectivity index (χ0) is 24.4. The van der Waals surface area contributed by atoms with Gasteiger partial charge in [-0.1, -0.05) is 36.4 Å². The molecule has 0 atom stereocenters. The van der Waals surface area contributed by atoms with Gasteiger partial charge in [0.05, 0.1) is 31.1 Å². The van der Waals surface area contributed by atoms with Gasteiger partial charge >= 0.3 is 18.2 Å². The van der Waals surface area contributed by atoms with Gasteiger partial charge in [0, 0.05) is 5.38 Å². The van der Waals surface area contributed by atoms with E-state index in [4.69, 9.17) is 14.2 Å². The highest BCUT2D eigenvalue weighted by Crippen LogP contribution is 2.19. The highest BCUT2D eigenvalue weighted by atomic mass is 32.1. The minimum absolute atomic E-state index is 0.0458. The lowest BCUT2D eigenvalue weighted by Crippen LogP contribution is -2.28. The van der Waals surface area contributed by atoms with Gasteiger partial charge in [-0.25, -0.2) is 19.0 Å². The number of carboxylic acid groups (broad SMARTS) is 1. The summed E-state index contributed by atoms with van der Waals surface area (Å²) >= 11 is 0.898. The Morgan fingerprint density at radius 3 is 2.48 bits per heavy atom. The molecule has 0 saturated heterocycles. The lowest BCUT2D eigenvalue weighted by molar-refractivity contribution is -0.136. The van der Waals surface area contributed by atoms with Gasteiger partial charge in [-0.05, 0) is 39.7 Å². The molecule has 1 amide bonds. The van der Waals surface area contributed by atoms with Crippen LogP contribution in [0.25, 0.3) is 5.57 Å². The van der Waals surface area contributed by atoms with Crippen LogP contribution >= 0.6 is 11.3 Å². The molecule has 2 rings (SSSR count). The van der Waals surface area contributed by atoms with Crippen LogP contribution in [0.3, 0.4) is 0 Å². The van der Waals surface area contributed by atoms with Crippen LogP contribution in [-0.4, -0.2) is 46.6 Å². The third-order valence-electron chi connectivity index (χ3n) is 3.97. The number of carbonyl (C=O) groups is 3. The Bertz CT molecular complexity index is 1060. The van der Waals surface area contributed by atoms with Crippen molar-refractivity contribution in [1.29, 1.82) is 0 Å². The molecule has 0 spiro atoms. The standard InChI is InChI=1S/C23H28N2O7S/c1-5-31-19(26)17(12-9-13-30-14-16-10-7-6-8-11-16)18-15-33-20(25(18)22(28)29)24-21(27)32-23(2,3)4/h6-8,10-12,15H,5,9,13-14H2,1-4H3,(H,28,29)/b17-12+,24-20?. The molecule has 1 aromatic carbocycles. The maximum Gasteiger partial charge on any atom is 0.436 e. The monoisotopic (exact) mass is 476 g/mol. The number of hydrogen-bond donors (Lipinski definition) is 1. The second-order valence-electron chi connectivity index (χ2n) is 7.78. The third-order valence-corrected chi connectivity index (χ3v) is 4.80. The predicted octanol–water partition coefficient (Wildman–Crippen LogP) is 4.46. The van der Waals surface area contributed by atoms with E-state index in [9.17, 15) is 19.5 Å². The van der Waals surface area contributed by atoms with Crippen molar-refractivity contribution in [2.45, 2.75) is 46.3 Å². The Hall–Kier alpha value is -3.24. The molecule has 10 heteroatoms. The Labute approximate surface area is 195 Å². The fourth-order valence-electron chi connectivity index (χ4n) is 2.68. The molecule has 178 valence electrons. The zero-order valence-corrected chi connectivity index (χ0v) is 19.9. The summed E-state index contributed by atoms with van der Waals surface area (Å²) in [7, 11) is 0. The molecule has 1 heterocycles. The predicted molar refractivity (Wildman–Crippen MR) is 123 cm³/mol. The molecule has 0 bridgehead atoms. The fraction of sp³-hybridized carbons (Fsp3) is 0.391. The number of thiazole rings is 1. The fourth-order valence-corrected chi connectivity index (χ4v) is 3.54. The minimum Gasteiger partial charge on any atom is -0.464 e. The second-order valence-corrected chi connectivity index (χ2v) is 8.62. The van der Waals surface area contributed by atoms with Crippen molar-refractivity contribution in [2.75, 3.05) is 13.2 Å². The van der Waals surface area contributed by atoms with Gasteiger partial charge in [-0.2, -0.15) is 0 Å². The summed E-state index contributed by atoms with van der Waals surface area (Å²) in [5, 5.41) is 11.2. The first kappa shape index (κ1) is 26.0. The van der Waals surface area contributed by atoms with Gasteiger partial charge in [-0.3, -0.25) is 0 Å². The van der Waals surface area contributed by atoms with E-state index in [1.807, 2.05) is 30.3 Å². The van der Waals surface area contributed by atoms with Gasteiger partial charge in [0.2, 0.25) is 4.80 Å². The largest absolute Gasteiger partial charge is 0.464 e. The van der Waals surface area contributed by atoms with Crippen molar-refractivity contribution in [3.05, 3.63) is 57.8 Å². The molecular formula is C23H28N2O7S. The first-order valence-electron chi connectivity index (χ1n) is 10.3. The number of hydrogen-bond acceptors (Lipinski definition) is 7. The van der Waals surface area contributed by atoms with Crippen LogP contribution in [0.15, 0.2) is 46.8 Å². The normalized spacial score (nSPS) is 12.5. The number of aromatic nitrogens is 1. The quantitative estimate of drug-likeness (QED) is 0.339. The summed E-state index contributed by atoms with van der Waals surface area (Å²) in [6, 6.07) is 9.63. The molecular weight excluding hydrogens is 448 g/mol. The number of carbonyl (C=O) groups excluding carboxylic acids is 2. The third kappa shape index (κ3) is 8.32. The maximum atomic E-state index is 12.6. The maximum absolute atomic E-state index is 12.6. The molecule has 33 heavy (non-hydrogen) atoms. The van der Waals surface area contributed by atoms with Crippen molar-refractivity contribution in [2.24, 2.45) is 4.99 Å². The number of nitrogens with zero attached hydrogens (tertiary/aromatic N) is 2. The molecule has 9 nitrogen and oxygen atoms in total. The van der Waals surface area contributed by atoms with Gasteiger partial charge in [-0.15, -0.1) is 16.3 Å². The van der Waals surface area contributed by atoms with Gasteiger partial charge < -0.3 is 19.3 Å². The Balaban J connectivity index is 2.28. The smallest absolute Gasteiger partial charge is 0.436 e. The van der Waals surface area contributed by atoms with E-state index < -0.39 is 23.8 Å². The zero-order valence-electron chi connectivity index (χ0n) is 19.1. The van der Waals surface area contributed by atoms with Gasteiger partial charge in [0.25, 0.3) is 0 Å². The molecule has 1 aromatic heterocycles. The van der Waals surface area contributed by atoms with E-state index >= 15 is 0 Å². The number of esters is 1. The number of amides is 1. The van der Waals surface area contributed by atoms with Crippen LogP contribution in [0, 0.1) is 0 Å². The summed E-state index contributed by atoms with van der Waals surface area (Å²) in [6.07, 6.45) is -0.428. The van der Waals surface area contributed by atoms with Crippen molar-refractivity contribution in [1.82, 2.24) is 4.57 Å². The Morgan fingerprint density at radius 1 is 1.18 bits per heavy atom. The van der Waals surface area contributed by atoms with Crippen LogP contribution < -0.4 is 4.80 Å². The topological polar surface area (TPSA) is 116 Å². The number of rotatable bonds is 8. The number of ether oxygens (including phenoxy) is 3. The van der Waals surface area contributed by atoms with E-state index in [1.165, 1.54) is 5.38 Å². The second kappa shape index (κ2) is 12.1. The van der Waals surface area contributed by atoms with Crippen molar-refractivity contribution in [3.63, 3.8) is 0 Å². The average molecular weight is 477 g/mol. The first-order valence-corrected chi connectivity index (χ1v) is 11.2. The molecule has 0 fully saturated rings. The summed E-state index contributed by atoms with van der Waals surface area (Å²) in [5.74, 6) is -0.683. The number of benzene rings is 1. The van der Waals surface area contributed by atoms with E-state index in [2.05, 4.69) is 4.99 Å². The lowest BCUT2D eigenvalue weighted by atomic mass is 10.1. The molecule has 1 N–H and O–H groups in total. The van der Waals surface area contributed by atoms with Crippen molar-refractivity contribution >= 4 is 35.1 Å². The van der Waals surface area contributed by atoms with E-state index in [0.29, 0.717) is 19.6 Å². The van der Waals surface area contributed by atoms with Crippen LogP contribution in [0.2, 0.25) is 0 Å². The molecule has 0 aliphatic carbocycles. The highest BCUT2D eigenvalue weighted by Gasteiger charge is 2.23. The Morgan fingerprint density at radius 2 is 1.88 bits per heavy atom. The lowest BCUT2D eigenvalue weighted by Gasteiger charge is -2.16. The van der Waals surface area contributed by atoms with Gasteiger partial charge in [0.1, 0.15) is 5.60 Å². The summed E-state index contributed by atoms with van der Waals surface area (Å²) in [4.78, 5) is 40.2. The molecule has 0 unspecified atom stereocenters. The first-order chi connectivity index (χ1) is 15.6. The van der Waals surface area contributed by atoms with Crippen LogP contribution in [0.1, 0.15) is 45.4 Å². The summed E-state index contributed by atoms with van der Waals surface area (Å²) in [5.41, 5.74) is 0.326.